The van der Waals surface area contributed by atoms with Crippen LogP contribution in [0, 0.1) is 0 Å². The van der Waals surface area contributed by atoms with Crippen LogP contribution in [-0.4, -0.2) is 36.5 Å². The Morgan fingerprint density at radius 1 is 1.50 bits per heavy atom. The zero-order chi connectivity index (χ0) is 13.4. The van der Waals surface area contributed by atoms with E-state index < -0.39 is 0 Å². The van der Waals surface area contributed by atoms with Crippen molar-refractivity contribution in [3.8, 4) is 0 Å². The normalized spacial score (nSPS) is 10.2. The minimum atomic E-state index is -0.129. The number of pyridine rings is 1. The molecule has 0 aliphatic heterocycles. The van der Waals surface area contributed by atoms with E-state index in [-0.39, 0.29) is 5.91 Å². The van der Waals surface area contributed by atoms with Crippen LogP contribution in [0.4, 0.5) is 5.82 Å². The number of rotatable bonds is 7. The number of hydrogen-bond donors (Lipinski definition) is 2. The highest BCUT2D eigenvalue weighted by molar-refractivity contribution is 7.98. The molecular weight excluding hydrogens is 270 g/mol. The predicted molar refractivity (Wildman–Crippen MR) is 78.7 cm³/mol. The summed E-state index contributed by atoms with van der Waals surface area (Å²) in [7, 11) is 1.74. The minimum absolute atomic E-state index is 0.129. The summed E-state index contributed by atoms with van der Waals surface area (Å²) in [5, 5.41) is 6.16. The lowest BCUT2D eigenvalue weighted by atomic mass is 10.2. The van der Waals surface area contributed by atoms with Crippen LogP contribution in [0.5, 0.6) is 0 Å². The third-order valence-electron chi connectivity index (χ3n) is 2.40. The molecule has 0 aromatic carbocycles. The van der Waals surface area contributed by atoms with Crippen LogP contribution in [0.2, 0.25) is 5.02 Å². The molecule has 0 fully saturated rings. The molecule has 100 valence electrons. The Morgan fingerprint density at radius 2 is 2.28 bits per heavy atom. The van der Waals surface area contributed by atoms with Gasteiger partial charge in [-0.2, -0.15) is 11.8 Å². The molecule has 6 heteroatoms. The Balaban J connectivity index is 2.44. The molecule has 0 atom stereocenters. The Morgan fingerprint density at radius 3 is 2.89 bits per heavy atom. The van der Waals surface area contributed by atoms with Gasteiger partial charge < -0.3 is 10.6 Å². The molecule has 1 aromatic rings. The van der Waals surface area contributed by atoms with E-state index in [4.69, 9.17) is 11.6 Å². The van der Waals surface area contributed by atoms with Crippen molar-refractivity contribution >= 4 is 35.1 Å². The first-order chi connectivity index (χ1) is 8.69. The fourth-order valence-electron chi connectivity index (χ4n) is 1.42. The summed E-state index contributed by atoms with van der Waals surface area (Å²) < 4.78 is 0. The van der Waals surface area contributed by atoms with Gasteiger partial charge in [-0.25, -0.2) is 4.98 Å². The summed E-state index contributed by atoms with van der Waals surface area (Å²) in [6, 6.07) is 1.62. The van der Waals surface area contributed by atoms with E-state index in [1.165, 1.54) is 6.20 Å². The van der Waals surface area contributed by atoms with Gasteiger partial charge in [0.1, 0.15) is 5.82 Å². The summed E-state index contributed by atoms with van der Waals surface area (Å²) in [5.41, 5.74) is 0.490. The van der Waals surface area contributed by atoms with Gasteiger partial charge in [-0.05, 0) is 30.9 Å². The molecule has 0 bridgehead atoms. The Labute approximate surface area is 117 Å². The first-order valence-corrected chi connectivity index (χ1v) is 7.56. The van der Waals surface area contributed by atoms with Gasteiger partial charge in [-0.3, -0.25) is 4.79 Å². The van der Waals surface area contributed by atoms with E-state index in [9.17, 15) is 4.79 Å². The number of amides is 1. The molecule has 0 saturated heterocycles. The van der Waals surface area contributed by atoms with Crippen LogP contribution < -0.4 is 10.6 Å². The number of hydrogen-bond acceptors (Lipinski definition) is 4. The standard InChI is InChI=1S/C12H18ClN3OS/c1-14-11-10(13)7-9(8-16-11)12(17)15-5-3-4-6-18-2/h7-8H,3-6H2,1-2H3,(H,14,16)(H,15,17). The lowest BCUT2D eigenvalue weighted by molar-refractivity contribution is 0.0953. The van der Waals surface area contributed by atoms with Gasteiger partial charge in [0.25, 0.3) is 5.91 Å². The van der Waals surface area contributed by atoms with E-state index in [1.54, 1.807) is 13.1 Å². The SMILES string of the molecule is CNc1ncc(C(=O)NCCCCSC)cc1Cl. The molecule has 0 spiro atoms. The van der Waals surface area contributed by atoms with Gasteiger partial charge in [0.2, 0.25) is 0 Å². The maximum absolute atomic E-state index is 11.8. The van der Waals surface area contributed by atoms with Gasteiger partial charge in [0, 0.05) is 19.8 Å². The molecule has 0 saturated carbocycles. The fourth-order valence-corrected chi connectivity index (χ4v) is 2.18. The first-order valence-electron chi connectivity index (χ1n) is 5.79. The molecule has 0 radical (unpaired) electrons. The van der Waals surface area contributed by atoms with E-state index in [0.717, 1.165) is 18.6 Å². The van der Waals surface area contributed by atoms with Crippen molar-refractivity contribution in [2.45, 2.75) is 12.8 Å². The smallest absolute Gasteiger partial charge is 0.252 e. The molecule has 1 amide bonds. The summed E-state index contributed by atoms with van der Waals surface area (Å²) in [6.07, 6.45) is 5.70. The number of nitrogens with zero attached hydrogens (tertiary/aromatic N) is 1. The van der Waals surface area contributed by atoms with Crippen molar-refractivity contribution < 1.29 is 4.79 Å². The Hall–Kier alpha value is -0.940. The van der Waals surface area contributed by atoms with E-state index >= 15 is 0 Å². The summed E-state index contributed by atoms with van der Waals surface area (Å²) in [4.78, 5) is 15.9. The Kier molecular flexibility index (Phi) is 6.90. The summed E-state index contributed by atoms with van der Waals surface area (Å²) in [6.45, 7) is 0.685. The zero-order valence-corrected chi connectivity index (χ0v) is 12.2. The van der Waals surface area contributed by atoms with Crippen molar-refractivity contribution in [2.24, 2.45) is 0 Å². The van der Waals surface area contributed by atoms with Gasteiger partial charge >= 0.3 is 0 Å². The Bertz CT molecular complexity index is 401. The lowest BCUT2D eigenvalue weighted by Crippen LogP contribution is -2.24. The van der Waals surface area contributed by atoms with E-state index in [0.29, 0.717) is 22.9 Å². The highest BCUT2D eigenvalue weighted by atomic mass is 35.5. The minimum Gasteiger partial charge on any atom is -0.372 e. The lowest BCUT2D eigenvalue weighted by Gasteiger charge is -2.07. The van der Waals surface area contributed by atoms with Crippen LogP contribution in [0.25, 0.3) is 0 Å². The second kappa shape index (κ2) is 8.21. The van der Waals surface area contributed by atoms with Crippen LogP contribution in [0.15, 0.2) is 12.3 Å². The first kappa shape index (κ1) is 15.1. The fraction of sp³-hybridized carbons (Fsp3) is 0.500. The quantitative estimate of drug-likeness (QED) is 0.757. The third-order valence-corrected chi connectivity index (χ3v) is 3.39. The van der Waals surface area contributed by atoms with Crippen molar-refractivity contribution in [3.05, 3.63) is 22.8 Å². The summed E-state index contributed by atoms with van der Waals surface area (Å²) in [5.74, 6) is 1.57. The molecule has 2 N–H and O–H groups in total. The van der Waals surface area contributed by atoms with Crippen molar-refractivity contribution in [1.29, 1.82) is 0 Å². The van der Waals surface area contributed by atoms with Gasteiger partial charge in [0.05, 0.1) is 10.6 Å². The average molecular weight is 288 g/mol. The molecule has 0 aliphatic carbocycles. The zero-order valence-electron chi connectivity index (χ0n) is 10.6. The van der Waals surface area contributed by atoms with E-state index in [1.807, 2.05) is 11.8 Å². The van der Waals surface area contributed by atoms with Crippen LogP contribution in [-0.2, 0) is 0 Å². The number of aromatic nitrogens is 1. The van der Waals surface area contributed by atoms with Gasteiger partial charge in [-0.1, -0.05) is 11.6 Å². The number of halogens is 1. The largest absolute Gasteiger partial charge is 0.372 e. The summed E-state index contributed by atoms with van der Waals surface area (Å²) >= 11 is 7.78. The second-order valence-electron chi connectivity index (χ2n) is 3.76. The maximum Gasteiger partial charge on any atom is 0.252 e. The van der Waals surface area contributed by atoms with Crippen molar-refractivity contribution in [1.82, 2.24) is 10.3 Å². The molecule has 0 unspecified atom stereocenters. The molecule has 1 rings (SSSR count). The molecule has 1 heterocycles. The molecule has 1 aromatic heterocycles. The maximum atomic E-state index is 11.8. The van der Waals surface area contributed by atoms with Crippen LogP contribution in [0.3, 0.4) is 0 Å². The predicted octanol–water partition coefficient (Wildman–Crippen LogP) is 2.65. The van der Waals surface area contributed by atoms with Crippen LogP contribution in [0.1, 0.15) is 23.2 Å². The average Bonchev–Trinajstić information content (AvgIpc) is 2.38. The molecule has 18 heavy (non-hydrogen) atoms. The molecular formula is C12H18ClN3OS. The number of thioether (sulfide) groups is 1. The second-order valence-corrected chi connectivity index (χ2v) is 5.15. The number of unbranched alkanes of at least 4 members (excludes halogenated alkanes) is 1. The van der Waals surface area contributed by atoms with E-state index in [2.05, 4.69) is 21.9 Å². The van der Waals surface area contributed by atoms with Crippen LogP contribution >= 0.6 is 23.4 Å². The topological polar surface area (TPSA) is 54.0 Å². The monoisotopic (exact) mass is 287 g/mol. The number of nitrogens with one attached hydrogen (secondary N) is 2. The van der Waals surface area contributed by atoms with Gasteiger partial charge in [-0.15, -0.1) is 0 Å². The highest BCUT2D eigenvalue weighted by Crippen LogP contribution is 2.19. The number of anilines is 1. The van der Waals surface area contributed by atoms with Crippen molar-refractivity contribution in [2.75, 3.05) is 30.9 Å². The number of carbonyl (C=O) groups excluding carboxylic acids is 1. The van der Waals surface area contributed by atoms with Gasteiger partial charge in [0.15, 0.2) is 0 Å². The molecule has 0 aliphatic rings. The molecule has 4 nitrogen and oxygen atoms in total. The number of carbonyl (C=O) groups is 1. The van der Waals surface area contributed by atoms with Crippen molar-refractivity contribution in [3.63, 3.8) is 0 Å². The third kappa shape index (κ3) is 4.74. The highest BCUT2D eigenvalue weighted by Gasteiger charge is 2.08.